The van der Waals surface area contributed by atoms with Crippen molar-refractivity contribution in [3.8, 4) is 5.75 Å². The second-order valence-electron chi connectivity index (χ2n) is 5.31. The summed E-state index contributed by atoms with van der Waals surface area (Å²) in [5.74, 6) is 1.02. The van der Waals surface area contributed by atoms with E-state index in [-0.39, 0.29) is 0 Å². The lowest BCUT2D eigenvalue weighted by atomic mass is 9.92. The fraction of sp³-hybridized carbons (Fsp3) is 0.412. The Bertz CT molecular complexity index is 546. The van der Waals surface area contributed by atoms with Crippen LogP contribution in [0.5, 0.6) is 5.75 Å². The lowest BCUT2D eigenvalue weighted by molar-refractivity contribution is 0.119. The van der Waals surface area contributed by atoms with Crippen LogP contribution in [0.1, 0.15) is 25.7 Å². The zero-order valence-corrected chi connectivity index (χ0v) is 11.4. The van der Waals surface area contributed by atoms with Crippen molar-refractivity contribution in [2.24, 2.45) is 0 Å². The zero-order chi connectivity index (χ0) is 13.1. The lowest BCUT2D eigenvalue weighted by Crippen LogP contribution is -2.43. The van der Waals surface area contributed by atoms with Gasteiger partial charge in [0, 0.05) is 11.4 Å². The maximum absolute atomic E-state index is 6.31. The molecule has 1 saturated carbocycles. The number of rotatable bonds is 3. The van der Waals surface area contributed by atoms with Crippen molar-refractivity contribution in [3.63, 3.8) is 0 Å². The average molecular weight is 255 g/mol. The predicted molar refractivity (Wildman–Crippen MR) is 79.7 cm³/mol. The molecule has 2 atom stereocenters. The molecule has 19 heavy (non-hydrogen) atoms. The number of hydrogen-bond acceptors (Lipinski definition) is 2. The molecule has 100 valence electrons. The van der Waals surface area contributed by atoms with Gasteiger partial charge in [-0.25, -0.2) is 0 Å². The first-order valence-electron chi connectivity index (χ1n) is 7.20. The Kier molecular flexibility index (Phi) is 3.69. The standard InChI is InChI=1S/C17H21NO/c1-18-15-10-4-5-11-17(15)19-16-12-6-8-13-7-2-3-9-14(13)16/h2-3,6-9,12,15,17-18H,4-5,10-11H2,1H3. The molecule has 1 fully saturated rings. The van der Waals surface area contributed by atoms with Gasteiger partial charge in [0.2, 0.25) is 0 Å². The number of nitrogens with one attached hydrogen (secondary N) is 1. The zero-order valence-electron chi connectivity index (χ0n) is 11.4. The second kappa shape index (κ2) is 5.62. The van der Waals surface area contributed by atoms with E-state index in [4.69, 9.17) is 4.74 Å². The van der Waals surface area contributed by atoms with Crippen LogP contribution in [0.15, 0.2) is 42.5 Å². The first kappa shape index (κ1) is 12.5. The molecule has 2 nitrogen and oxygen atoms in total. The summed E-state index contributed by atoms with van der Waals surface area (Å²) in [6.07, 6.45) is 5.24. The minimum atomic E-state index is 0.296. The highest BCUT2D eigenvalue weighted by molar-refractivity contribution is 5.88. The molecule has 2 heteroatoms. The third-order valence-corrected chi connectivity index (χ3v) is 4.10. The Labute approximate surface area is 114 Å². The van der Waals surface area contributed by atoms with Crippen LogP contribution in [-0.2, 0) is 0 Å². The van der Waals surface area contributed by atoms with Gasteiger partial charge in [0.25, 0.3) is 0 Å². The number of hydrogen-bond donors (Lipinski definition) is 1. The van der Waals surface area contributed by atoms with E-state index in [1.54, 1.807) is 0 Å². The average Bonchev–Trinajstić information content (AvgIpc) is 2.48. The maximum atomic E-state index is 6.31. The molecule has 0 aromatic heterocycles. The molecule has 2 aromatic carbocycles. The SMILES string of the molecule is CNC1CCCCC1Oc1cccc2ccccc12. The van der Waals surface area contributed by atoms with Crippen molar-refractivity contribution in [1.29, 1.82) is 0 Å². The number of benzene rings is 2. The van der Waals surface area contributed by atoms with Crippen molar-refractivity contribution in [2.45, 2.75) is 37.8 Å². The molecular formula is C17H21NO. The molecule has 0 heterocycles. The molecule has 0 amide bonds. The van der Waals surface area contributed by atoms with Gasteiger partial charge in [-0.1, -0.05) is 42.8 Å². The summed E-state index contributed by atoms with van der Waals surface area (Å²) in [7, 11) is 2.04. The second-order valence-corrected chi connectivity index (χ2v) is 5.31. The smallest absolute Gasteiger partial charge is 0.127 e. The molecule has 1 N–H and O–H groups in total. The highest BCUT2D eigenvalue weighted by Crippen LogP contribution is 2.29. The van der Waals surface area contributed by atoms with Crippen molar-refractivity contribution < 1.29 is 4.74 Å². The highest BCUT2D eigenvalue weighted by atomic mass is 16.5. The maximum Gasteiger partial charge on any atom is 0.127 e. The van der Waals surface area contributed by atoms with Crippen molar-refractivity contribution in [2.75, 3.05) is 7.05 Å². The Morgan fingerprint density at radius 3 is 2.68 bits per heavy atom. The molecule has 2 aromatic rings. The Balaban J connectivity index is 1.88. The van der Waals surface area contributed by atoms with Crippen LogP contribution in [0.2, 0.25) is 0 Å². The normalized spacial score (nSPS) is 23.4. The van der Waals surface area contributed by atoms with E-state index in [9.17, 15) is 0 Å². The van der Waals surface area contributed by atoms with Gasteiger partial charge in [-0.05, 0) is 37.8 Å². The summed E-state index contributed by atoms with van der Waals surface area (Å²) in [5.41, 5.74) is 0. The van der Waals surface area contributed by atoms with E-state index in [0.29, 0.717) is 12.1 Å². The highest BCUT2D eigenvalue weighted by Gasteiger charge is 2.25. The summed E-state index contributed by atoms with van der Waals surface area (Å²) in [6.45, 7) is 0. The lowest BCUT2D eigenvalue weighted by Gasteiger charge is -2.32. The fourth-order valence-corrected chi connectivity index (χ4v) is 3.03. The number of fused-ring (bicyclic) bond motifs is 1. The summed E-state index contributed by atoms with van der Waals surface area (Å²) in [5, 5.41) is 5.86. The Hall–Kier alpha value is -1.54. The largest absolute Gasteiger partial charge is 0.488 e. The van der Waals surface area contributed by atoms with Crippen molar-refractivity contribution in [1.82, 2.24) is 5.32 Å². The van der Waals surface area contributed by atoms with Crippen LogP contribution in [0.25, 0.3) is 10.8 Å². The molecular weight excluding hydrogens is 234 g/mol. The molecule has 1 aliphatic carbocycles. The first-order valence-corrected chi connectivity index (χ1v) is 7.20. The molecule has 0 bridgehead atoms. The van der Waals surface area contributed by atoms with E-state index in [1.807, 2.05) is 7.05 Å². The third-order valence-electron chi connectivity index (χ3n) is 4.10. The van der Waals surface area contributed by atoms with Gasteiger partial charge in [-0.2, -0.15) is 0 Å². The molecule has 0 saturated heterocycles. The van der Waals surface area contributed by atoms with E-state index >= 15 is 0 Å². The van der Waals surface area contributed by atoms with Crippen LogP contribution in [0.4, 0.5) is 0 Å². The van der Waals surface area contributed by atoms with Crippen molar-refractivity contribution in [3.05, 3.63) is 42.5 Å². The monoisotopic (exact) mass is 255 g/mol. The van der Waals surface area contributed by atoms with Crippen LogP contribution in [0, 0.1) is 0 Å². The van der Waals surface area contributed by atoms with Gasteiger partial charge in [0.15, 0.2) is 0 Å². The van der Waals surface area contributed by atoms with Gasteiger partial charge in [0.1, 0.15) is 11.9 Å². The summed E-state index contributed by atoms with van der Waals surface area (Å²) in [4.78, 5) is 0. The quantitative estimate of drug-likeness (QED) is 0.902. The molecule has 0 radical (unpaired) electrons. The van der Waals surface area contributed by atoms with Gasteiger partial charge in [0.05, 0.1) is 0 Å². The summed E-state index contributed by atoms with van der Waals surface area (Å²) in [6, 6.07) is 15.2. The van der Waals surface area contributed by atoms with E-state index < -0.39 is 0 Å². The third kappa shape index (κ3) is 2.59. The summed E-state index contributed by atoms with van der Waals surface area (Å²) >= 11 is 0. The van der Waals surface area contributed by atoms with Gasteiger partial charge in [-0.15, -0.1) is 0 Å². The van der Waals surface area contributed by atoms with E-state index in [1.165, 1.54) is 30.0 Å². The van der Waals surface area contributed by atoms with E-state index in [2.05, 4.69) is 47.8 Å². The van der Waals surface area contributed by atoms with Crippen LogP contribution < -0.4 is 10.1 Å². The van der Waals surface area contributed by atoms with E-state index in [0.717, 1.165) is 12.2 Å². The Morgan fingerprint density at radius 2 is 1.79 bits per heavy atom. The minimum Gasteiger partial charge on any atom is -0.488 e. The topological polar surface area (TPSA) is 21.3 Å². The number of likely N-dealkylation sites (N-methyl/N-ethyl adjacent to an activating group) is 1. The minimum absolute atomic E-state index is 0.296. The molecule has 3 rings (SSSR count). The molecule has 0 spiro atoms. The Morgan fingerprint density at radius 1 is 1.00 bits per heavy atom. The molecule has 2 unspecified atom stereocenters. The van der Waals surface area contributed by atoms with Crippen LogP contribution in [-0.4, -0.2) is 19.2 Å². The van der Waals surface area contributed by atoms with Crippen LogP contribution >= 0.6 is 0 Å². The van der Waals surface area contributed by atoms with Crippen LogP contribution in [0.3, 0.4) is 0 Å². The molecule has 0 aliphatic heterocycles. The summed E-state index contributed by atoms with van der Waals surface area (Å²) < 4.78 is 6.31. The predicted octanol–water partition coefficient (Wildman–Crippen LogP) is 3.75. The van der Waals surface area contributed by atoms with Gasteiger partial charge in [-0.3, -0.25) is 0 Å². The van der Waals surface area contributed by atoms with Gasteiger partial charge >= 0.3 is 0 Å². The fourth-order valence-electron chi connectivity index (χ4n) is 3.03. The molecule has 1 aliphatic rings. The van der Waals surface area contributed by atoms with Crippen molar-refractivity contribution >= 4 is 10.8 Å². The number of ether oxygens (including phenoxy) is 1. The first-order chi connectivity index (χ1) is 9.38. The van der Waals surface area contributed by atoms with Gasteiger partial charge < -0.3 is 10.1 Å².